The SMILES string of the molecule is CN[C@H](Cc1ccc2ccccc2c1)C(=O)N(C)[C@H](Cc1ccccc1)C(=O)N1CCC(N(C)C)CC1. The van der Waals surface area contributed by atoms with E-state index in [1.165, 1.54) is 5.39 Å². The highest BCUT2D eigenvalue weighted by atomic mass is 16.2. The highest BCUT2D eigenvalue weighted by Gasteiger charge is 2.35. The zero-order valence-corrected chi connectivity index (χ0v) is 22.6. The van der Waals surface area contributed by atoms with Crippen molar-refractivity contribution in [2.45, 2.75) is 43.8 Å². The van der Waals surface area contributed by atoms with Crippen LogP contribution in [0.1, 0.15) is 24.0 Å². The van der Waals surface area contributed by atoms with Gasteiger partial charge in [0, 0.05) is 32.6 Å². The predicted octanol–water partition coefficient (Wildman–Crippen LogP) is 3.59. The van der Waals surface area contributed by atoms with Gasteiger partial charge in [-0.3, -0.25) is 9.59 Å². The van der Waals surface area contributed by atoms with Crippen molar-refractivity contribution in [1.82, 2.24) is 20.0 Å². The van der Waals surface area contributed by atoms with E-state index in [1.54, 1.807) is 11.9 Å². The second kappa shape index (κ2) is 12.3. The fraction of sp³-hybridized carbons (Fsp3) is 0.419. The molecule has 1 N–H and O–H groups in total. The molecule has 1 fully saturated rings. The second-order valence-corrected chi connectivity index (χ2v) is 10.4. The molecule has 1 aliphatic rings. The summed E-state index contributed by atoms with van der Waals surface area (Å²) in [6.07, 6.45) is 2.97. The summed E-state index contributed by atoms with van der Waals surface area (Å²) in [4.78, 5) is 33.5. The third-order valence-electron chi connectivity index (χ3n) is 7.78. The molecule has 0 radical (unpaired) electrons. The summed E-state index contributed by atoms with van der Waals surface area (Å²) in [6.45, 7) is 1.45. The van der Waals surface area contributed by atoms with Crippen LogP contribution in [0.25, 0.3) is 10.8 Å². The van der Waals surface area contributed by atoms with E-state index in [0.29, 0.717) is 18.9 Å². The van der Waals surface area contributed by atoms with Gasteiger partial charge in [-0.15, -0.1) is 0 Å². The molecule has 2 amide bonds. The van der Waals surface area contributed by atoms with Crippen molar-refractivity contribution < 1.29 is 9.59 Å². The minimum absolute atomic E-state index is 0.0393. The highest BCUT2D eigenvalue weighted by molar-refractivity contribution is 5.90. The lowest BCUT2D eigenvalue weighted by atomic mass is 9.98. The van der Waals surface area contributed by atoms with E-state index < -0.39 is 12.1 Å². The van der Waals surface area contributed by atoms with Gasteiger partial charge >= 0.3 is 0 Å². The number of piperidine rings is 1. The van der Waals surface area contributed by atoms with E-state index in [-0.39, 0.29) is 11.8 Å². The maximum atomic E-state index is 13.8. The number of likely N-dealkylation sites (N-methyl/N-ethyl adjacent to an activating group) is 2. The molecular weight excluding hydrogens is 460 g/mol. The summed E-state index contributed by atoms with van der Waals surface area (Å²) in [5, 5.41) is 5.56. The standard InChI is InChI=1S/C31H40N4O2/c1-32-28(21-24-14-15-25-12-8-9-13-26(25)20-24)30(36)34(4)29(22-23-10-6-5-7-11-23)31(37)35-18-16-27(17-19-35)33(2)3/h5-15,20,27-29,32H,16-19,21-22H2,1-4H3/t28-,29-/m1/s1. The molecule has 2 atom stereocenters. The monoisotopic (exact) mass is 500 g/mol. The number of benzene rings is 3. The van der Waals surface area contributed by atoms with Gasteiger partial charge in [0.15, 0.2) is 0 Å². The molecule has 1 heterocycles. The van der Waals surface area contributed by atoms with E-state index in [4.69, 9.17) is 0 Å². The minimum atomic E-state index is -0.543. The third kappa shape index (κ3) is 6.56. The van der Waals surface area contributed by atoms with Gasteiger partial charge in [-0.1, -0.05) is 72.8 Å². The Kier molecular flexibility index (Phi) is 8.95. The molecule has 0 saturated carbocycles. The molecule has 1 aliphatic heterocycles. The van der Waals surface area contributed by atoms with Crippen molar-refractivity contribution in [3.8, 4) is 0 Å². The number of carbonyl (C=O) groups excluding carboxylic acids is 2. The number of likely N-dealkylation sites (tertiary alicyclic amines) is 1. The first-order valence-electron chi connectivity index (χ1n) is 13.3. The summed E-state index contributed by atoms with van der Waals surface area (Å²) < 4.78 is 0. The van der Waals surface area contributed by atoms with Crippen molar-refractivity contribution >= 4 is 22.6 Å². The number of fused-ring (bicyclic) bond motifs is 1. The van der Waals surface area contributed by atoms with Crippen LogP contribution in [0.3, 0.4) is 0 Å². The highest BCUT2D eigenvalue weighted by Crippen LogP contribution is 2.20. The number of nitrogens with zero attached hydrogens (tertiary/aromatic N) is 3. The molecule has 0 unspecified atom stereocenters. The molecular formula is C31H40N4O2. The van der Waals surface area contributed by atoms with E-state index in [2.05, 4.69) is 54.6 Å². The molecule has 0 bridgehead atoms. The summed E-state index contributed by atoms with van der Waals surface area (Å²) in [6, 6.07) is 24.1. The third-order valence-corrected chi connectivity index (χ3v) is 7.78. The molecule has 0 aromatic heterocycles. The number of hydrogen-bond donors (Lipinski definition) is 1. The molecule has 3 aromatic rings. The summed E-state index contributed by atoms with van der Waals surface area (Å²) in [7, 11) is 7.79. The zero-order valence-electron chi connectivity index (χ0n) is 22.6. The maximum absolute atomic E-state index is 13.8. The number of amides is 2. The van der Waals surface area contributed by atoms with Crippen molar-refractivity contribution in [3.05, 3.63) is 83.9 Å². The van der Waals surface area contributed by atoms with Crippen LogP contribution in [-0.4, -0.2) is 85.9 Å². The van der Waals surface area contributed by atoms with Crippen LogP contribution in [0.15, 0.2) is 72.8 Å². The van der Waals surface area contributed by atoms with Gasteiger partial charge in [0.2, 0.25) is 11.8 Å². The van der Waals surface area contributed by atoms with Crippen LogP contribution >= 0.6 is 0 Å². The first kappa shape index (κ1) is 26.8. The van der Waals surface area contributed by atoms with Crippen LogP contribution in [-0.2, 0) is 22.4 Å². The van der Waals surface area contributed by atoms with Crippen LogP contribution < -0.4 is 5.32 Å². The molecule has 37 heavy (non-hydrogen) atoms. The normalized spacial score (nSPS) is 16.1. The van der Waals surface area contributed by atoms with Crippen molar-refractivity contribution in [2.75, 3.05) is 41.3 Å². The lowest BCUT2D eigenvalue weighted by Crippen LogP contribution is -2.56. The van der Waals surface area contributed by atoms with Gasteiger partial charge in [-0.2, -0.15) is 0 Å². The van der Waals surface area contributed by atoms with Crippen molar-refractivity contribution in [2.24, 2.45) is 0 Å². The predicted molar refractivity (Wildman–Crippen MR) is 150 cm³/mol. The summed E-state index contributed by atoms with van der Waals surface area (Å²) in [5.41, 5.74) is 2.15. The molecule has 0 spiro atoms. The maximum Gasteiger partial charge on any atom is 0.245 e. The Morgan fingerprint density at radius 1 is 0.865 bits per heavy atom. The number of rotatable bonds is 9. The molecule has 6 nitrogen and oxygen atoms in total. The summed E-state index contributed by atoms with van der Waals surface area (Å²) >= 11 is 0. The van der Waals surface area contributed by atoms with E-state index in [9.17, 15) is 9.59 Å². The van der Waals surface area contributed by atoms with Crippen LogP contribution in [0.5, 0.6) is 0 Å². The molecule has 6 heteroatoms. The number of nitrogens with one attached hydrogen (secondary N) is 1. The fourth-order valence-corrected chi connectivity index (χ4v) is 5.35. The fourth-order valence-electron chi connectivity index (χ4n) is 5.35. The Balaban J connectivity index is 1.52. The van der Waals surface area contributed by atoms with Gasteiger partial charge in [0.05, 0.1) is 6.04 Å². The van der Waals surface area contributed by atoms with Gasteiger partial charge in [-0.05, 0) is 62.3 Å². The Morgan fingerprint density at radius 3 is 2.16 bits per heavy atom. The second-order valence-electron chi connectivity index (χ2n) is 10.4. The Morgan fingerprint density at radius 2 is 1.51 bits per heavy atom. The average Bonchev–Trinajstić information content (AvgIpc) is 2.94. The first-order chi connectivity index (χ1) is 17.9. The van der Waals surface area contributed by atoms with Crippen molar-refractivity contribution in [3.63, 3.8) is 0 Å². The Labute approximate surface area is 221 Å². The first-order valence-corrected chi connectivity index (χ1v) is 13.3. The molecule has 196 valence electrons. The lowest BCUT2D eigenvalue weighted by molar-refractivity contribution is -0.146. The quantitative estimate of drug-likeness (QED) is 0.488. The van der Waals surface area contributed by atoms with Crippen LogP contribution in [0.2, 0.25) is 0 Å². The van der Waals surface area contributed by atoms with E-state index in [0.717, 1.165) is 42.4 Å². The van der Waals surface area contributed by atoms with Gasteiger partial charge in [0.1, 0.15) is 6.04 Å². The van der Waals surface area contributed by atoms with Gasteiger partial charge in [-0.25, -0.2) is 0 Å². The Hall–Kier alpha value is -3.22. The largest absolute Gasteiger partial charge is 0.341 e. The van der Waals surface area contributed by atoms with E-state index in [1.807, 2.05) is 54.4 Å². The lowest BCUT2D eigenvalue weighted by Gasteiger charge is -2.39. The summed E-state index contributed by atoms with van der Waals surface area (Å²) in [5.74, 6) is -0.0226. The van der Waals surface area contributed by atoms with E-state index >= 15 is 0 Å². The topological polar surface area (TPSA) is 55.9 Å². The Bertz CT molecular complexity index is 1190. The molecule has 0 aliphatic carbocycles. The van der Waals surface area contributed by atoms with Crippen molar-refractivity contribution in [1.29, 1.82) is 0 Å². The smallest absolute Gasteiger partial charge is 0.245 e. The molecule has 3 aromatic carbocycles. The molecule has 1 saturated heterocycles. The van der Waals surface area contributed by atoms with Gasteiger partial charge < -0.3 is 20.0 Å². The number of carbonyl (C=O) groups is 2. The van der Waals surface area contributed by atoms with Gasteiger partial charge in [0.25, 0.3) is 0 Å². The molecule has 4 rings (SSSR count). The van der Waals surface area contributed by atoms with Crippen LogP contribution in [0.4, 0.5) is 0 Å². The number of hydrogen-bond acceptors (Lipinski definition) is 4. The minimum Gasteiger partial charge on any atom is -0.341 e. The average molecular weight is 501 g/mol. The van der Waals surface area contributed by atoms with Crippen LogP contribution in [0, 0.1) is 0 Å². The zero-order chi connectivity index (χ0) is 26.4.